The number of carbonyl (C=O) groups is 2. The van der Waals surface area contributed by atoms with Crippen molar-refractivity contribution in [3.8, 4) is 5.75 Å². The predicted molar refractivity (Wildman–Crippen MR) is 97.2 cm³/mol. The third kappa shape index (κ3) is 2.87. The number of ketones is 1. The van der Waals surface area contributed by atoms with Gasteiger partial charge in [0, 0.05) is 6.54 Å². The van der Waals surface area contributed by atoms with Crippen molar-refractivity contribution < 1.29 is 14.3 Å². The summed E-state index contributed by atoms with van der Waals surface area (Å²) in [7, 11) is 0. The molecule has 0 aliphatic carbocycles. The van der Waals surface area contributed by atoms with Crippen LogP contribution in [0.3, 0.4) is 0 Å². The fraction of sp³-hybridized carbons (Fsp3) is 0.143. The first-order valence-corrected chi connectivity index (χ1v) is 8.31. The number of hydrogen-bond acceptors (Lipinski definition) is 3. The smallest absolute Gasteiger partial charge is 0.299 e. The molecule has 0 N–H and O–H groups in total. The van der Waals surface area contributed by atoms with Gasteiger partial charge in [0.1, 0.15) is 5.75 Å². The maximum atomic E-state index is 12.1. The van der Waals surface area contributed by atoms with E-state index in [9.17, 15) is 9.59 Å². The molecule has 3 aromatic carbocycles. The highest BCUT2D eigenvalue weighted by molar-refractivity contribution is 6.52. The molecular weight excluding hydrogens is 314 g/mol. The van der Waals surface area contributed by atoms with E-state index in [0.29, 0.717) is 30.8 Å². The fourth-order valence-corrected chi connectivity index (χ4v) is 3.14. The molecule has 0 aromatic heterocycles. The maximum absolute atomic E-state index is 12.1. The van der Waals surface area contributed by atoms with E-state index in [4.69, 9.17) is 4.74 Å². The summed E-state index contributed by atoms with van der Waals surface area (Å²) in [4.78, 5) is 25.6. The Labute approximate surface area is 145 Å². The standard InChI is InChI=1S/C21H17NO3/c23-20-18-8-3-4-9-19(18)22(21(20)24)12-5-13-25-17-11-10-15-6-1-2-7-16(15)14-17/h1-4,6-11,14H,5,12-13H2. The Morgan fingerprint density at radius 1 is 0.840 bits per heavy atom. The van der Waals surface area contributed by atoms with Gasteiger partial charge < -0.3 is 9.64 Å². The summed E-state index contributed by atoms with van der Waals surface area (Å²) in [6, 6.07) is 21.2. The molecule has 4 heteroatoms. The van der Waals surface area contributed by atoms with Crippen LogP contribution in [-0.2, 0) is 4.79 Å². The number of fused-ring (bicyclic) bond motifs is 2. The molecule has 0 bridgehead atoms. The van der Waals surface area contributed by atoms with Crippen LogP contribution in [0.15, 0.2) is 66.7 Å². The van der Waals surface area contributed by atoms with Crippen LogP contribution >= 0.6 is 0 Å². The number of Topliss-reactive ketones (excluding diaryl/α,β-unsaturated/α-hetero) is 1. The summed E-state index contributed by atoms with van der Waals surface area (Å²) in [6.07, 6.45) is 0.653. The summed E-state index contributed by atoms with van der Waals surface area (Å²) in [6.45, 7) is 0.952. The normalized spacial score (nSPS) is 13.4. The number of rotatable bonds is 5. The van der Waals surface area contributed by atoms with E-state index in [-0.39, 0.29) is 0 Å². The molecule has 0 spiro atoms. The number of ether oxygens (including phenoxy) is 1. The summed E-state index contributed by atoms with van der Waals surface area (Å²) in [5.41, 5.74) is 1.19. The second kappa shape index (κ2) is 6.40. The maximum Gasteiger partial charge on any atom is 0.299 e. The lowest BCUT2D eigenvalue weighted by atomic mass is 10.1. The van der Waals surface area contributed by atoms with Crippen molar-refractivity contribution in [1.29, 1.82) is 0 Å². The molecule has 1 aliphatic rings. The number of anilines is 1. The summed E-state index contributed by atoms with van der Waals surface area (Å²) in [5, 5.41) is 2.31. The van der Waals surface area contributed by atoms with Crippen LogP contribution in [-0.4, -0.2) is 24.8 Å². The number of hydrogen-bond donors (Lipinski definition) is 0. The first kappa shape index (κ1) is 15.4. The third-order valence-electron chi connectivity index (χ3n) is 4.39. The van der Waals surface area contributed by atoms with Crippen LogP contribution in [0.4, 0.5) is 5.69 Å². The van der Waals surface area contributed by atoms with Gasteiger partial charge in [-0.1, -0.05) is 42.5 Å². The number of amides is 1. The van der Waals surface area contributed by atoms with Gasteiger partial charge in [-0.05, 0) is 41.5 Å². The number of para-hydroxylation sites is 1. The first-order chi connectivity index (χ1) is 12.2. The largest absolute Gasteiger partial charge is 0.494 e. The van der Waals surface area contributed by atoms with Crippen molar-refractivity contribution in [2.45, 2.75) is 6.42 Å². The van der Waals surface area contributed by atoms with Crippen LogP contribution in [0.1, 0.15) is 16.8 Å². The second-order valence-electron chi connectivity index (χ2n) is 6.01. The Hall–Kier alpha value is -3.14. The van der Waals surface area contributed by atoms with Crippen LogP contribution in [0.5, 0.6) is 5.75 Å². The highest BCUT2D eigenvalue weighted by Crippen LogP contribution is 2.28. The third-order valence-corrected chi connectivity index (χ3v) is 4.39. The Bertz CT molecular complexity index is 964. The van der Waals surface area contributed by atoms with E-state index >= 15 is 0 Å². The molecule has 0 atom stereocenters. The summed E-state index contributed by atoms with van der Waals surface area (Å²) < 4.78 is 5.80. The molecule has 4 rings (SSSR count). The monoisotopic (exact) mass is 331 g/mol. The Morgan fingerprint density at radius 3 is 2.48 bits per heavy atom. The molecular formula is C21H17NO3. The molecule has 25 heavy (non-hydrogen) atoms. The van der Waals surface area contributed by atoms with Crippen molar-refractivity contribution in [2.75, 3.05) is 18.1 Å². The molecule has 124 valence electrons. The molecule has 1 heterocycles. The molecule has 1 aliphatic heterocycles. The highest BCUT2D eigenvalue weighted by atomic mass is 16.5. The molecule has 0 unspecified atom stereocenters. The highest BCUT2D eigenvalue weighted by Gasteiger charge is 2.34. The van der Waals surface area contributed by atoms with Gasteiger partial charge in [0.15, 0.2) is 0 Å². The lowest BCUT2D eigenvalue weighted by Crippen LogP contribution is -2.31. The van der Waals surface area contributed by atoms with Gasteiger partial charge >= 0.3 is 0 Å². The Kier molecular flexibility index (Phi) is 3.94. The van der Waals surface area contributed by atoms with Gasteiger partial charge in [-0.2, -0.15) is 0 Å². The van der Waals surface area contributed by atoms with Crippen molar-refractivity contribution in [3.05, 3.63) is 72.3 Å². The van der Waals surface area contributed by atoms with Crippen LogP contribution in [0.2, 0.25) is 0 Å². The minimum atomic E-state index is -0.452. The molecule has 0 radical (unpaired) electrons. The second-order valence-corrected chi connectivity index (χ2v) is 6.01. The average molecular weight is 331 g/mol. The van der Waals surface area contributed by atoms with E-state index in [1.807, 2.05) is 48.5 Å². The van der Waals surface area contributed by atoms with Gasteiger partial charge in [-0.25, -0.2) is 0 Å². The van der Waals surface area contributed by atoms with Crippen molar-refractivity contribution in [2.24, 2.45) is 0 Å². The topological polar surface area (TPSA) is 46.6 Å². The fourth-order valence-electron chi connectivity index (χ4n) is 3.14. The van der Waals surface area contributed by atoms with Gasteiger partial charge in [0.25, 0.3) is 11.7 Å². The average Bonchev–Trinajstić information content (AvgIpc) is 2.90. The zero-order valence-electron chi connectivity index (χ0n) is 13.6. The van der Waals surface area contributed by atoms with Crippen LogP contribution in [0.25, 0.3) is 10.8 Å². The Balaban J connectivity index is 1.38. The molecule has 0 saturated heterocycles. The predicted octanol–water partition coefficient (Wildman–Crippen LogP) is 3.84. The molecule has 3 aromatic rings. The van der Waals surface area contributed by atoms with Crippen molar-refractivity contribution in [1.82, 2.24) is 0 Å². The van der Waals surface area contributed by atoms with Crippen molar-refractivity contribution in [3.63, 3.8) is 0 Å². The van der Waals surface area contributed by atoms with E-state index in [1.165, 1.54) is 5.39 Å². The van der Waals surface area contributed by atoms with Gasteiger partial charge in [-0.3, -0.25) is 9.59 Å². The summed E-state index contributed by atoms with van der Waals surface area (Å²) in [5.74, 6) is -0.0686. The van der Waals surface area contributed by atoms with E-state index < -0.39 is 11.7 Å². The van der Waals surface area contributed by atoms with Crippen LogP contribution < -0.4 is 9.64 Å². The molecule has 1 amide bonds. The van der Waals surface area contributed by atoms with E-state index in [0.717, 1.165) is 11.1 Å². The molecule has 4 nitrogen and oxygen atoms in total. The lowest BCUT2D eigenvalue weighted by Gasteiger charge is -2.16. The van der Waals surface area contributed by atoms with Gasteiger partial charge in [0.2, 0.25) is 0 Å². The molecule has 0 saturated carbocycles. The molecule has 0 fully saturated rings. The minimum Gasteiger partial charge on any atom is -0.494 e. The van der Waals surface area contributed by atoms with Gasteiger partial charge in [0.05, 0.1) is 17.9 Å². The number of benzene rings is 3. The zero-order valence-corrected chi connectivity index (χ0v) is 13.6. The van der Waals surface area contributed by atoms with E-state index in [2.05, 4.69) is 6.07 Å². The van der Waals surface area contributed by atoms with E-state index in [1.54, 1.807) is 17.0 Å². The summed E-state index contributed by atoms with van der Waals surface area (Å²) >= 11 is 0. The van der Waals surface area contributed by atoms with Crippen molar-refractivity contribution >= 4 is 28.2 Å². The Morgan fingerprint density at radius 2 is 1.60 bits per heavy atom. The van der Waals surface area contributed by atoms with Crippen LogP contribution in [0, 0.1) is 0 Å². The SMILES string of the molecule is O=C1C(=O)N(CCCOc2ccc3ccccc3c2)c2ccccc21. The minimum absolute atomic E-state index is 0.425. The quantitative estimate of drug-likeness (QED) is 0.527. The number of nitrogens with zero attached hydrogens (tertiary/aromatic N) is 1. The van der Waals surface area contributed by atoms with Gasteiger partial charge in [-0.15, -0.1) is 0 Å². The number of carbonyl (C=O) groups excluding carboxylic acids is 2. The first-order valence-electron chi connectivity index (χ1n) is 8.31. The zero-order chi connectivity index (χ0) is 17.2. The lowest BCUT2D eigenvalue weighted by molar-refractivity contribution is -0.114.